The maximum atomic E-state index is 6.00. The average Bonchev–Trinajstić information content (AvgIpc) is 2.56. The van der Waals surface area contributed by atoms with Crippen LogP contribution in [0, 0.1) is 5.92 Å². The largest absolute Gasteiger partial charge is 0.328 e. The van der Waals surface area contributed by atoms with Crippen molar-refractivity contribution >= 4 is 0 Å². The lowest BCUT2D eigenvalue weighted by Crippen LogP contribution is -2.31. The summed E-state index contributed by atoms with van der Waals surface area (Å²) in [5.41, 5.74) is 7.21. The second kappa shape index (κ2) is 3.73. The van der Waals surface area contributed by atoms with E-state index in [9.17, 15) is 0 Å². The average molecular weight is 193 g/mol. The van der Waals surface area contributed by atoms with Gasteiger partial charge in [-0.1, -0.05) is 6.92 Å². The molecule has 0 aliphatic heterocycles. The van der Waals surface area contributed by atoms with E-state index >= 15 is 0 Å². The molecule has 1 aliphatic rings. The third kappa shape index (κ3) is 1.82. The molecule has 1 aromatic heterocycles. The van der Waals surface area contributed by atoms with Crippen LogP contribution < -0.4 is 5.73 Å². The van der Waals surface area contributed by atoms with Gasteiger partial charge in [-0.3, -0.25) is 4.68 Å². The van der Waals surface area contributed by atoms with Gasteiger partial charge in [0, 0.05) is 25.2 Å². The predicted octanol–water partition coefficient (Wildman–Crippen LogP) is 1.65. The van der Waals surface area contributed by atoms with Crippen LogP contribution in [0.25, 0.3) is 0 Å². The van der Waals surface area contributed by atoms with E-state index in [1.807, 2.05) is 17.9 Å². The number of aryl methyl sites for hydroxylation is 1. The van der Waals surface area contributed by atoms with E-state index in [0.29, 0.717) is 12.0 Å². The minimum Gasteiger partial charge on any atom is -0.328 e. The maximum Gasteiger partial charge on any atom is 0.0658 e. The Balaban J connectivity index is 2.15. The molecule has 0 amide bonds. The summed E-state index contributed by atoms with van der Waals surface area (Å²) in [5.74, 6) is 1.30. The summed E-state index contributed by atoms with van der Waals surface area (Å²) >= 11 is 0. The lowest BCUT2D eigenvalue weighted by Gasteiger charge is -2.31. The number of hydrogen-bond acceptors (Lipinski definition) is 2. The molecule has 0 bridgehead atoms. The van der Waals surface area contributed by atoms with E-state index in [1.165, 1.54) is 18.5 Å². The fourth-order valence-electron chi connectivity index (χ4n) is 2.40. The van der Waals surface area contributed by atoms with Gasteiger partial charge in [0.05, 0.1) is 5.69 Å². The monoisotopic (exact) mass is 193 g/mol. The van der Waals surface area contributed by atoms with Gasteiger partial charge in [0.15, 0.2) is 0 Å². The van der Waals surface area contributed by atoms with E-state index in [1.54, 1.807) is 0 Å². The van der Waals surface area contributed by atoms with Crippen LogP contribution in [0.1, 0.15) is 37.8 Å². The van der Waals surface area contributed by atoms with Gasteiger partial charge in [0.25, 0.3) is 0 Å². The highest BCUT2D eigenvalue weighted by atomic mass is 15.2. The fraction of sp³-hybridized carbons (Fsp3) is 0.727. The molecule has 0 spiro atoms. The van der Waals surface area contributed by atoms with Crippen LogP contribution in [-0.2, 0) is 7.05 Å². The first kappa shape index (κ1) is 9.71. The highest BCUT2D eigenvalue weighted by Crippen LogP contribution is 2.35. The highest BCUT2D eigenvalue weighted by molar-refractivity contribution is 5.09. The SMILES string of the molecule is CC1CCC(N)CC1c1ccn(C)n1. The van der Waals surface area contributed by atoms with E-state index in [-0.39, 0.29) is 0 Å². The van der Waals surface area contributed by atoms with E-state index in [0.717, 1.165) is 12.3 Å². The summed E-state index contributed by atoms with van der Waals surface area (Å²) in [5, 5.41) is 4.48. The lowest BCUT2D eigenvalue weighted by molar-refractivity contribution is 0.294. The Morgan fingerprint density at radius 1 is 1.50 bits per heavy atom. The molecule has 0 aromatic carbocycles. The van der Waals surface area contributed by atoms with Crippen LogP contribution in [0.4, 0.5) is 0 Å². The van der Waals surface area contributed by atoms with Crippen molar-refractivity contribution in [2.45, 2.75) is 38.1 Å². The quantitative estimate of drug-likeness (QED) is 0.737. The Kier molecular flexibility index (Phi) is 2.59. The van der Waals surface area contributed by atoms with Gasteiger partial charge in [0.1, 0.15) is 0 Å². The number of rotatable bonds is 1. The zero-order valence-corrected chi connectivity index (χ0v) is 8.98. The Morgan fingerprint density at radius 2 is 2.29 bits per heavy atom. The normalized spacial score (nSPS) is 33.2. The summed E-state index contributed by atoms with van der Waals surface area (Å²) in [6.45, 7) is 2.31. The van der Waals surface area contributed by atoms with Crippen LogP contribution >= 0.6 is 0 Å². The number of aromatic nitrogens is 2. The van der Waals surface area contributed by atoms with E-state index < -0.39 is 0 Å². The summed E-state index contributed by atoms with van der Waals surface area (Å²) in [7, 11) is 1.97. The molecule has 0 saturated heterocycles. The Labute approximate surface area is 85.3 Å². The molecule has 3 unspecified atom stereocenters. The van der Waals surface area contributed by atoms with Crippen molar-refractivity contribution in [2.24, 2.45) is 18.7 Å². The summed E-state index contributed by atoms with van der Waals surface area (Å²) < 4.78 is 1.88. The molecule has 1 saturated carbocycles. The first-order chi connectivity index (χ1) is 6.66. The van der Waals surface area contributed by atoms with Crippen molar-refractivity contribution in [1.29, 1.82) is 0 Å². The van der Waals surface area contributed by atoms with Gasteiger partial charge >= 0.3 is 0 Å². The van der Waals surface area contributed by atoms with Crippen molar-refractivity contribution in [2.75, 3.05) is 0 Å². The molecule has 1 heterocycles. The number of nitrogens with zero attached hydrogens (tertiary/aromatic N) is 2. The highest BCUT2D eigenvalue weighted by Gasteiger charge is 2.28. The van der Waals surface area contributed by atoms with Crippen molar-refractivity contribution in [3.63, 3.8) is 0 Å². The molecule has 3 atom stereocenters. The molecule has 2 rings (SSSR count). The Bertz CT molecular complexity index is 305. The van der Waals surface area contributed by atoms with Crippen molar-refractivity contribution < 1.29 is 0 Å². The van der Waals surface area contributed by atoms with Crippen LogP contribution in [0.3, 0.4) is 0 Å². The molecular weight excluding hydrogens is 174 g/mol. The molecule has 1 aliphatic carbocycles. The van der Waals surface area contributed by atoms with Gasteiger partial charge in [-0.15, -0.1) is 0 Å². The van der Waals surface area contributed by atoms with Crippen molar-refractivity contribution in [3.8, 4) is 0 Å². The first-order valence-electron chi connectivity index (χ1n) is 5.42. The Hall–Kier alpha value is -0.830. The third-order valence-electron chi connectivity index (χ3n) is 3.35. The molecule has 78 valence electrons. The van der Waals surface area contributed by atoms with E-state index in [4.69, 9.17) is 5.73 Å². The van der Waals surface area contributed by atoms with E-state index in [2.05, 4.69) is 18.1 Å². The topological polar surface area (TPSA) is 43.8 Å². The summed E-state index contributed by atoms with van der Waals surface area (Å²) in [6.07, 6.45) is 5.52. The number of nitrogens with two attached hydrogens (primary N) is 1. The molecule has 1 fully saturated rings. The number of hydrogen-bond donors (Lipinski definition) is 1. The molecule has 14 heavy (non-hydrogen) atoms. The lowest BCUT2D eigenvalue weighted by atomic mass is 9.76. The molecule has 1 aromatic rings. The van der Waals surface area contributed by atoms with Crippen LogP contribution in [0.5, 0.6) is 0 Å². The first-order valence-corrected chi connectivity index (χ1v) is 5.42. The maximum absolute atomic E-state index is 6.00. The second-order valence-electron chi connectivity index (χ2n) is 4.57. The van der Waals surface area contributed by atoms with Gasteiger partial charge in [-0.2, -0.15) is 5.10 Å². The summed E-state index contributed by atoms with van der Waals surface area (Å²) in [6, 6.07) is 2.50. The van der Waals surface area contributed by atoms with Gasteiger partial charge < -0.3 is 5.73 Å². The summed E-state index contributed by atoms with van der Waals surface area (Å²) in [4.78, 5) is 0. The van der Waals surface area contributed by atoms with Crippen molar-refractivity contribution in [3.05, 3.63) is 18.0 Å². The molecule has 2 N–H and O–H groups in total. The zero-order chi connectivity index (χ0) is 10.1. The fourth-order valence-corrected chi connectivity index (χ4v) is 2.40. The Morgan fingerprint density at radius 3 is 2.93 bits per heavy atom. The zero-order valence-electron chi connectivity index (χ0n) is 8.98. The third-order valence-corrected chi connectivity index (χ3v) is 3.35. The smallest absolute Gasteiger partial charge is 0.0658 e. The van der Waals surface area contributed by atoms with Crippen LogP contribution in [0.2, 0.25) is 0 Å². The minimum atomic E-state index is 0.373. The molecule has 3 heteroatoms. The van der Waals surface area contributed by atoms with Crippen molar-refractivity contribution in [1.82, 2.24) is 9.78 Å². The second-order valence-corrected chi connectivity index (χ2v) is 4.57. The van der Waals surface area contributed by atoms with Gasteiger partial charge in [-0.25, -0.2) is 0 Å². The minimum absolute atomic E-state index is 0.373. The van der Waals surface area contributed by atoms with Gasteiger partial charge in [0.2, 0.25) is 0 Å². The molecule has 3 nitrogen and oxygen atoms in total. The molecule has 0 radical (unpaired) electrons. The van der Waals surface area contributed by atoms with Crippen LogP contribution in [-0.4, -0.2) is 15.8 Å². The predicted molar refractivity (Wildman–Crippen MR) is 56.9 cm³/mol. The van der Waals surface area contributed by atoms with Crippen LogP contribution in [0.15, 0.2) is 12.3 Å². The molecular formula is C11H19N3. The van der Waals surface area contributed by atoms with Gasteiger partial charge in [-0.05, 0) is 31.2 Å². The standard InChI is InChI=1S/C11H19N3/c1-8-3-4-9(12)7-10(8)11-5-6-14(2)13-11/h5-6,8-10H,3-4,7,12H2,1-2H3.